The molecule has 0 unspecified atom stereocenters. The number of ether oxygens (including phenoxy) is 2. The lowest BCUT2D eigenvalue weighted by Crippen LogP contribution is -2.08. The Morgan fingerprint density at radius 2 is 0.729 bits per heavy atom. The van der Waals surface area contributed by atoms with E-state index >= 15 is 0 Å². The van der Waals surface area contributed by atoms with Gasteiger partial charge < -0.3 is 9.47 Å². The summed E-state index contributed by atoms with van der Waals surface area (Å²) >= 11 is 0. The Morgan fingerprint density at radius 3 is 1.08 bits per heavy atom. The summed E-state index contributed by atoms with van der Waals surface area (Å²) in [7, 11) is 0. The highest BCUT2D eigenvalue weighted by molar-refractivity contribution is 5.72. The van der Waals surface area contributed by atoms with Gasteiger partial charge in [-0.15, -0.1) is 0 Å². The molecule has 0 heterocycles. The van der Waals surface area contributed by atoms with Crippen molar-refractivity contribution in [2.45, 2.75) is 226 Å². The summed E-state index contributed by atoms with van der Waals surface area (Å²) in [6.45, 7) is 4.96. The van der Waals surface area contributed by atoms with Crippen molar-refractivity contribution in [1.82, 2.24) is 0 Å². The van der Waals surface area contributed by atoms with E-state index in [2.05, 4.69) is 13.8 Å². The molecular formula is C44H78O4. The Bertz CT molecular complexity index is 833. The fraction of sp³-hybridized carbons (Fsp3) is 0.818. The Labute approximate surface area is 298 Å². The topological polar surface area (TPSA) is 52.6 Å². The van der Waals surface area contributed by atoms with Gasteiger partial charge >= 0.3 is 11.9 Å². The summed E-state index contributed by atoms with van der Waals surface area (Å²) < 4.78 is 11.0. The molecule has 0 saturated carbocycles. The molecule has 0 bridgehead atoms. The quantitative estimate of drug-likeness (QED) is 0.0405. The number of carbonyl (C=O) groups is 2. The molecule has 1 aromatic carbocycles. The van der Waals surface area contributed by atoms with E-state index in [1.165, 1.54) is 167 Å². The van der Waals surface area contributed by atoms with Crippen molar-refractivity contribution in [3.63, 3.8) is 0 Å². The number of hydrogen-bond donors (Lipinski definition) is 0. The van der Waals surface area contributed by atoms with Gasteiger partial charge in [-0.25, -0.2) is 0 Å². The van der Waals surface area contributed by atoms with Crippen LogP contribution in [0.25, 0.3) is 0 Å². The first-order valence-corrected chi connectivity index (χ1v) is 21.1. The molecule has 0 radical (unpaired) electrons. The van der Waals surface area contributed by atoms with Crippen molar-refractivity contribution in [3.8, 4) is 5.75 Å². The maximum atomic E-state index is 12.2. The van der Waals surface area contributed by atoms with Crippen molar-refractivity contribution < 1.29 is 19.1 Å². The zero-order chi connectivity index (χ0) is 34.6. The number of carbonyl (C=O) groups excluding carboxylic acids is 2. The Morgan fingerprint density at radius 1 is 0.417 bits per heavy atom. The SMILES string of the molecule is CCCCCCCCCCCCCCCCCC(=O)OCCc1ccc(OC(=O)CCCCCCCCCCCCCCCCC)cc1. The van der Waals surface area contributed by atoms with E-state index in [9.17, 15) is 9.59 Å². The van der Waals surface area contributed by atoms with Crippen LogP contribution in [-0.4, -0.2) is 18.5 Å². The molecule has 4 heteroatoms. The Hall–Kier alpha value is -1.84. The summed E-state index contributed by atoms with van der Waals surface area (Å²) in [5.74, 6) is 0.356. The molecule has 4 nitrogen and oxygen atoms in total. The minimum atomic E-state index is -0.148. The van der Waals surface area contributed by atoms with Crippen molar-refractivity contribution in [1.29, 1.82) is 0 Å². The van der Waals surface area contributed by atoms with Gasteiger partial charge in [0.15, 0.2) is 0 Å². The molecule has 0 N–H and O–H groups in total. The summed E-state index contributed by atoms with van der Waals surface area (Å²) in [5.41, 5.74) is 1.08. The predicted octanol–water partition coefficient (Wildman–Crippen LogP) is 14.2. The van der Waals surface area contributed by atoms with Gasteiger partial charge in [-0.3, -0.25) is 9.59 Å². The zero-order valence-corrected chi connectivity index (χ0v) is 32.0. The van der Waals surface area contributed by atoms with Crippen LogP contribution in [0.4, 0.5) is 0 Å². The Kier molecular flexibility index (Phi) is 32.2. The third-order valence-corrected chi connectivity index (χ3v) is 9.78. The van der Waals surface area contributed by atoms with Crippen LogP contribution in [0.2, 0.25) is 0 Å². The first-order valence-electron chi connectivity index (χ1n) is 21.1. The molecule has 0 atom stereocenters. The summed E-state index contributed by atoms with van der Waals surface area (Å²) in [6.07, 6.45) is 41.3. The fourth-order valence-electron chi connectivity index (χ4n) is 6.54. The molecular weight excluding hydrogens is 592 g/mol. The minimum absolute atomic E-state index is 0.0888. The van der Waals surface area contributed by atoms with Crippen LogP contribution in [0.15, 0.2) is 24.3 Å². The van der Waals surface area contributed by atoms with Gasteiger partial charge in [0.1, 0.15) is 5.75 Å². The van der Waals surface area contributed by atoms with Crippen LogP contribution in [0, 0.1) is 0 Å². The van der Waals surface area contributed by atoms with Gasteiger partial charge in [0.05, 0.1) is 6.61 Å². The van der Waals surface area contributed by atoms with Crippen molar-refractivity contribution in [2.75, 3.05) is 6.61 Å². The maximum absolute atomic E-state index is 12.2. The van der Waals surface area contributed by atoms with Gasteiger partial charge in [-0.2, -0.15) is 0 Å². The van der Waals surface area contributed by atoms with Crippen LogP contribution in [-0.2, 0) is 20.7 Å². The predicted molar refractivity (Wildman–Crippen MR) is 206 cm³/mol. The number of benzene rings is 1. The first-order chi connectivity index (χ1) is 23.7. The molecule has 0 saturated heterocycles. The highest BCUT2D eigenvalue weighted by atomic mass is 16.5. The van der Waals surface area contributed by atoms with Crippen LogP contribution in [0.3, 0.4) is 0 Å². The molecule has 0 aliphatic carbocycles. The molecule has 0 amide bonds. The zero-order valence-electron chi connectivity index (χ0n) is 32.0. The van der Waals surface area contributed by atoms with Gasteiger partial charge in [0, 0.05) is 19.3 Å². The average molecular weight is 671 g/mol. The monoisotopic (exact) mass is 671 g/mol. The molecule has 278 valence electrons. The van der Waals surface area contributed by atoms with Gasteiger partial charge in [0.2, 0.25) is 0 Å². The lowest BCUT2D eigenvalue weighted by Gasteiger charge is -2.07. The first kappa shape index (κ1) is 44.2. The number of hydrogen-bond acceptors (Lipinski definition) is 4. The lowest BCUT2D eigenvalue weighted by molar-refractivity contribution is -0.143. The van der Waals surface area contributed by atoms with Crippen LogP contribution in [0.5, 0.6) is 5.75 Å². The third-order valence-electron chi connectivity index (χ3n) is 9.78. The molecule has 0 aliphatic rings. The minimum Gasteiger partial charge on any atom is -0.465 e. The van der Waals surface area contributed by atoms with E-state index in [4.69, 9.17) is 9.47 Å². The largest absolute Gasteiger partial charge is 0.465 e. The highest BCUT2D eigenvalue weighted by Crippen LogP contribution is 2.17. The second kappa shape index (κ2) is 35.0. The van der Waals surface area contributed by atoms with Crippen LogP contribution < -0.4 is 4.74 Å². The molecule has 1 aromatic rings. The molecule has 0 aliphatic heterocycles. The summed E-state index contributed by atoms with van der Waals surface area (Å²) in [5, 5.41) is 0. The Balaban J connectivity index is 1.90. The smallest absolute Gasteiger partial charge is 0.311 e. The van der Waals surface area contributed by atoms with Crippen molar-refractivity contribution in [2.24, 2.45) is 0 Å². The molecule has 48 heavy (non-hydrogen) atoms. The summed E-state index contributed by atoms with van der Waals surface area (Å²) in [4.78, 5) is 24.4. The van der Waals surface area contributed by atoms with Crippen molar-refractivity contribution in [3.05, 3.63) is 29.8 Å². The van der Waals surface area contributed by atoms with Crippen molar-refractivity contribution >= 4 is 11.9 Å². The fourth-order valence-corrected chi connectivity index (χ4v) is 6.54. The van der Waals surface area contributed by atoms with E-state index in [-0.39, 0.29) is 11.9 Å². The molecule has 1 rings (SSSR count). The second-order valence-electron chi connectivity index (χ2n) is 14.5. The van der Waals surface area contributed by atoms with Gasteiger partial charge in [0.25, 0.3) is 0 Å². The van der Waals surface area contributed by atoms with E-state index in [1.54, 1.807) is 0 Å². The summed E-state index contributed by atoms with van der Waals surface area (Å²) in [6, 6.07) is 7.60. The normalized spacial score (nSPS) is 11.2. The third kappa shape index (κ3) is 30.2. The molecule has 0 fully saturated rings. The highest BCUT2D eigenvalue weighted by Gasteiger charge is 2.07. The standard InChI is InChI=1S/C44H78O4/c1-3-5-7-9-11-13-15-17-19-21-23-25-27-29-31-33-43(45)47-40-39-41-35-37-42(38-36-41)48-44(46)34-32-30-28-26-24-22-20-18-16-14-12-10-8-6-4-2/h35-38H,3-34,39-40H2,1-2H3. The van der Waals surface area contributed by atoms with E-state index in [0.29, 0.717) is 31.6 Å². The van der Waals surface area contributed by atoms with Gasteiger partial charge in [-0.05, 0) is 30.5 Å². The number of esters is 2. The van der Waals surface area contributed by atoms with E-state index in [0.717, 1.165) is 31.2 Å². The average Bonchev–Trinajstić information content (AvgIpc) is 3.09. The van der Waals surface area contributed by atoms with Crippen LogP contribution in [0.1, 0.15) is 225 Å². The second-order valence-corrected chi connectivity index (χ2v) is 14.5. The number of rotatable bonds is 36. The van der Waals surface area contributed by atoms with E-state index in [1.807, 2.05) is 24.3 Å². The van der Waals surface area contributed by atoms with Gasteiger partial charge in [-0.1, -0.05) is 206 Å². The van der Waals surface area contributed by atoms with E-state index < -0.39 is 0 Å². The molecule has 0 aromatic heterocycles. The lowest BCUT2D eigenvalue weighted by atomic mass is 10.0. The van der Waals surface area contributed by atoms with Crippen LogP contribution >= 0.6 is 0 Å². The number of unbranched alkanes of at least 4 members (excludes halogenated alkanes) is 28. The maximum Gasteiger partial charge on any atom is 0.311 e. The molecule has 0 spiro atoms.